The molecule has 1 heterocycles. The number of aromatic nitrogens is 2. The van der Waals surface area contributed by atoms with Crippen LogP contribution < -0.4 is 5.32 Å². The number of rotatable bonds is 4. The minimum atomic E-state index is -0.0111. The van der Waals surface area contributed by atoms with Gasteiger partial charge in [0.2, 0.25) is 5.91 Å². The maximum Gasteiger partial charge on any atom is 0.225 e. The molecule has 0 atom stereocenters. The summed E-state index contributed by atoms with van der Waals surface area (Å²) in [4.78, 5) is 11.7. The number of amides is 1. The van der Waals surface area contributed by atoms with E-state index in [1.165, 1.54) is 11.1 Å². The van der Waals surface area contributed by atoms with Gasteiger partial charge in [0.05, 0.1) is 0 Å². The number of aryl methyl sites for hydroxylation is 3. The van der Waals surface area contributed by atoms with Crippen molar-refractivity contribution in [3.8, 4) is 0 Å². The third-order valence-corrected chi connectivity index (χ3v) is 2.70. The summed E-state index contributed by atoms with van der Waals surface area (Å²) in [6.45, 7) is 3.95. The molecule has 0 saturated heterocycles. The zero-order chi connectivity index (χ0) is 13.0. The molecule has 2 N–H and O–H groups in total. The van der Waals surface area contributed by atoms with Gasteiger partial charge in [-0.3, -0.25) is 9.89 Å². The molecule has 1 aromatic carbocycles. The smallest absolute Gasteiger partial charge is 0.225 e. The van der Waals surface area contributed by atoms with Crippen LogP contribution in [0, 0.1) is 13.8 Å². The van der Waals surface area contributed by atoms with Crippen LogP contribution in [-0.2, 0) is 11.2 Å². The Morgan fingerprint density at radius 3 is 2.83 bits per heavy atom. The fourth-order valence-corrected chi connectivity index (χ4v) is 1.81. The van der Waals surface area contributed by atoms with Gasteiger partial charge in [0.25, 0.3) is 0 Å². The maximum atomic E-state index is 11.7. The van der Waals surface area contributed by atoms with Crippen molar-refractivity contribution >= 4 is 11.7 Å². The SMILES string of the molecule is Cc1cccc(CCC(=O)Nc2cc(C)[nH]n2)c1. The van der Waals surface area contributed by atoms with E-state index in [4.69, 9.17) is 0 Å². The molecule has 1 amide bonds. The van der Waals surface area contributed by atoms with E-state index >= 15 is 0 Å². The van der Waals surface area contributed by atoms with Crippen molar-refractivity contribution in [2.24, 2.45) is 0 Å². The second-order valence-electron chi connectivity index (χ2n) is 4.47. The summed E-state index contributed by atoms with van der Waals surface area (Å²) in [5.74, 6) is 0.574. The summed E-state index contributed by atoms with van der Waals surface area (Å²) < 4.78 is 0. The van der Waals surface area contributed by atoms with Gasteiger partial charge in [0.15, 0.2) is 5.82 Å². The van der Waals surface area contributed by atoms with Gasteiger partial charge in [-0.05, 0) is 25.8 Å². The average molecular weight is 243 g/mol. The molecule has 2 rings (SSSR count). The number of nitrogens with zero attached hydrogens (tertiary/aromatic N) is 1. The lowest BCUT2D eigenvalue weighted by Gasteiger charge is -2.03. The number of hydrogen-bond donors (Lipinski definition) is 2. The molecule has 0 fully saturated rings. The van der Waals surface area contributed by atoms with E-state index in [1.807, 2.05) is 25.1 Å². The van der Waals surface area contributed by atoms with Gasteiger partial charge in [-0.15, -0.1) is 0 Å². The van der Waals surface area contributed by atoms with E-state index in [-0.39, 0.29) is 5.91 Å². The molecule has 0 aliphatic rings. The van der Waals surface area contributed by atoms with E-state index in [9.17, 15) is 4.79 Å². The van der Waals surface area contributed by atoms with Crippen LogP contribution in [0.2, 0.25) is 0 Å². The fraction of sp³-hybridized carbons (Fsp3) is 0.286. The lowest BCUT2D eigenvalue weighted by molar-refractivity contribution is -0.116. The Hall–Kier alpha value is -2.10. The number of H-pyrrole nitrogens is 1. The molecule has 0 radical (unpaired) electrons. The van der Waals surface area contributed by atoms with E-state index in [1.54, 1.807) is 0 Å². The molecule has 18 heavy (non-hydrogen) atoms. The number of hydrogen-bond acceptors (Lipinski definition) is 2. The molecule has 94 valence electrons. The van der Waals surface area contributed by atoms with Gasteiger partial charge in [0.1, 0.15) is 0 Å². The Morgan fingerprint density at radius 2 is 2.17 bits per heavy atom. The Balaban J connectivity index is 1.85. The van der Waals surface area contributed by atoms with Gasteiger partial charge in [-0.1, -0.05) is 29.8 Å². The maximum absolute atomic E-state index is 11.7. The van der Waals surface area contributed by atoms with Crippen LogP contribution >= 0.6 is 0 Å². The first-order valence-corrected chi connectivity index (χ1v) is 6.01. The Bertz CT molecular complexity index is 545. The molecule has 1 aromatic heterocycles. The van der Waals surface area contributed by atoms with Gasteiger partial charge in [-0.25, -0.2) is 0 Å². The number of anilines is 1. The molecule has 0 bridgehead atoms. The van der Waals surface area contributed by atoms with Gasteiger partial charge >= 0.3 is 0 Å². The van der Waals surface area contributed by atoms with Crippen molar-refractivity contribution in [1.29, 1.82) is 0 Å². The van der Waals surface area contributed by atoms with Crippen LogP contribution in [0.3, 0.4) is 0 Å². The predicted octanol–water partition coefficient (Wildman–Crippen LogP) is 2.60. The highest BCUT2D eigenvalue weighted by molar-refractivity contribution is 5.89. The van der Waals surface area contributed by atoms with E-state index in [0.29, 0.717) is 12.2 Å². The van der Waals surface area contributed by atoms with Crippen molar-refractivity contribution in [1.82, 2.24) is 10.2 Å². The summed E-state index contributed by atoms with van der Waals surface area (Å²) in [6, 6.07) is 10.0. The first-order valence-electron chi connectivity index (χ1n) is 6.01. The Morgan fingerprint density at radius 1 is 1.33 bits per heavy atom. The normalized spacial score (nSPS) is 10.3. The molecule has 2 aromatic rings. The van der Waals surface area contributed by atoms with Crippen LogP contribution in [0.1, 0.15) is 23.2 Å². The number of benzene rings is 1. The fourth-order valence-electron chi connectivity index (χ4n) is 1.81. The molecule has 4 heteroatoms. The van der Waals surface area contributed by atoms with Crippen molar-refractivity contribution in [3.05, 3.63) is 47.2 Å². The minimum absolute atomic E-state index is 0.0111. The summed E-state index contributed by atoms with van der Waals surface area (Å²) in [6.07, 6.45) is 1.21. The first kappa shape index (κ1) is 12.4. The van der Waals surface area contributed by atoms with Crippen molar-refractivity contribution in [2.45, 2.75) is 26.7 Å². The number of carbonyl (C=O) groups is 1. The second-order valence-corrected chi connectivity index (χ2v) is 4.47. The van der Waals surface area contributed by atoms with Crippen LogP contribution in [0.25, 0.3) is 0 Å². The molecule has 0 spiro atoms. The van der Waals surface area contributed by atoms with E-state index in [2.05, 4.69) is 34.6 Å². The van der Waals surface area contributed by atoms with Crippen LogP contribution in [-0.4, -0.2) is 16.1 Å². The summed E-state index contributed by atoms with van der Waals surface area (Å²) in [5, 5.41) is 9.52. The summed E-state index contributed by atoms with van der Waals surface area (Å²) in [7, 11) is 0. The molecule has 0 aliphatic carbocycles. The highest BCUT2D eigenvalue weighted by Crippen LogP contribution is 2.08. The lowest BCUT2D eigenvalue weighted by Crippen LogP contribution is -2.12. The molecule has 0 unspecified atom stereocenters. The van der Waals surface area contributed by atoms with Crippen LogP contribution in [0.4, 0.5) is 5.82 Å². The second kappa shape index (κ2) is 5.49. The Labute approximate surface area is 106 Å². The van der Waals surface area contributed by atoms with Crippen LogP contribution in [0.15, 0.2) is 30.3 Å². The largest absolute Gasteiger partial charge is 0.309 e. The van der Waals surface area contributed by atoms with Gasteiger partial charge < -0.3 is 5.32 Å². The number of nitrogens with one attached hydrogen (secondary N) is 2. The molecule has 0 saturated carbocycles. The minimum Gasteiger partial charge on any atom is -0.309 e. The van der Waals surface area contributed by atoms with E-state index in [0.717, 1.165) is 12.1 Å². The number of aromatic amines is 1. The molecular weight excluding hydrogens is 226 g/mol. The molecule has 4 nitrogen and oxygen atoms in total. The van der Waals surface area contributed by atoms with Crippen molar-refractivity contribution < 1.29 is 4.79 Å². The van der Waals surface area contributed by atoms with Crippen LogP contribution in [0.5, 0.6) is 0 Å². The standard InChI is InChI=1S/C14H17N3O/c1-10-4-3-5-12(8-10)6-7-14(18)15-13-9-11(2)16-17-13/h3-5,8-9H,6-7H2,1-2H3,(H2,15,16,17,18). The quantitative estimate of drug-likeness (QED) is 0.867. The number of carbonyl (C=O) groups excluding carboxylic acids is 1. The molecule has 0 aliphatic heterocycles. The third kappa shape index (κ3) is 3.45. The average Bonchev–Trinajstić information content (AvgIpc) is 2.72. The lowest BCUT2D eigenvalue weighted by atomic mass is 10.1. The highest BCUT2D eigenvalue weighted by atomic mass is 16.1. The van der Waals surface area contributed by atoms with Gasteiger partial charge in [-0.2, -0.15) is 5.10 Å². The zero-order valence-corrected chi connectivity index (χ0v) is 10.7. The molecular formula is C14H17N3O. The van der Waals surface area contributed by atoms with Crippen molar-refractivity contribution in [2.75, 3.05) is 5.32 Å². The summed E-state index contributed by atoms with van der Waals surface area (Å²) in [5.41, 5.74) is 3.34. The Kier molecular flexibility index (Phi) is 3.77. The van der Waals surface area contributed by atoms with E-state index < -0.39 is 0 Å². The third-order valence-electron chi connectivity index (χ3n) is 2.70. The van der Waals surface area contributed by atoms with Gasteiger partial charge in [0, 0.05) is 18.2 Å². The summed E-state index contributed by atoms with van der Waals surface area (Å²) >= 11 is 0. The van der Waals surface area contributed by atoms with Crippen molar-refractivity contribution in [3.63, 3.8) is 0 Å². The predicted molar refractivity (Wildman–Crippen MR) is 71.5 cm³/mol. The first-order chi connectivity index (χ1) is 8.63. The zero-order valence-electron chi connectivity index (χ0n) is 10.7. The topological polar surface area (TPSA) is 57.8 Å². The highest BCUT2D eigenvalue weighted by Gasteiger charge is 2.05. The monoisotopic (exact) mass is 243 g/mol.